The number of carboxylic acids is 1. The summed E-state index contributed by atoms with van der Waals surface area (Å²) in [5, 5.41) is 13.2. The third-order valence-electron chi connectivity index (χ3n) is 8.10. The van der Waals surface area contributed by atoms with Crippen molar-refractivity contribution >= 4 is 34.1 Å². The van der Waals surface area contributed by atoms with Crippen LogP contribution in [-0.4, -0.2) is 22.9 Å². The Labute approximate surface area is 187 Å². The fraction of sp³-hybridized carbons (Fsp3) is 0.625. The molecule has 168 valence electrons. The monoisotopic (exact) mass is 444 g/mol. The predicted octanol–water partition coefficient (Wildman–Crippen LogP) is 4.24. The molecule has 31 heavy (non-hydrogen) atoms. The van der Waals surface area contributed by atoms with Crippen LogP contribution in [-0.2, 0) is 22.4 Å². The lowest BCUT2D eigenvalue weighted by atomic mass is 9.62. The van der Waals surface area contributed by atoms with Crippen molar-refractivity contribution in [2.24, 2.45) is 40.7 Å². The van der Waals surface area contributed by atoms with Crippen LogP contribution in [0.25, 0.3) is 0 Å². The first-order valence-electron chi connectivity index (χ1n) is 11.3. The average Bonchev–Trinajstić information content (AvgIpc) is 3.10. The molecule has 2 bridgehead atoms. The minimum atomic E-state index is -0.926. The molecule has 5 unspecified atom stereocenters. The summed E-state index contributed by atoms with van der Waals surface area (Å²) in [6.45, 7) is 6.77. The Morgan fingerprint density at radius 2 is 1.81 bits per heavy atom. The Bertz CT molecular complexity index is 948. The first kappa shape index (κ1) is 22.1. The lowest BCUT2D eigenvalue weighted by Gasteiger charge is -2.41. The molecule has 0 aliphatic heterocycles. The number of hydrogen-bond donors (Lipinski definition) is 3. The second-order valence-corrected chi connectivity index (χ2v) is 11.1. The van der Waals surface area contributed by atoms with Crippen molar-refractivity contribution in [1.29, 1.82) is 0 Å². The Balaban J connectivity index is 1.62. The van der Waals surface area contributed by atoms with Crippen LogP contribution in [0.1, 0.15) is 67.3 Å². The van der Waals surface area contributed by atoms with E-state index in [1.54, 1.807) is 0 Å². The summed E-state index contributed by atoms with van der Waals surface area (Å²) in [5.74, 6) is -2.76. The number of hydrogen-bond acceptors (Lipinski definition) is 4. The van der Waals surface area contributed by atoms with Crippen molar-refractivity contribution in [3.63, 3.8) is 0 Å². The second-order valence-electron chi connectivity index (χ2n) is 10.0. The van der Waals surface area contributed by atoms with Gasteiger partial charge < -0.3 is 16.2 Å². The zero-order valence-electron chi connectivity index (χ0n) is 18.4. The SMILES string of the molecule is CCC(C)(C)C1CCc2c(sc(NC(=O)C3C4C=CC(CC4)C3C(=O)O)c2C(N)=O)C1. The van der Waals surface area contributed by atoms with E-state index in [2.05, 4.69) is 26.1 Å². The maximum Gasteiger partial charge on any atom is 0.307 e. The van der Waals surface area contributed by atoms with Crippen LogP contribution in [0.15, 0.2) is 12.2 Å². The van der Waals surface area contributed by atoms with Crippen molar-refractivity contribution in [1.82, 2.24) is 0 Å². The summed E-state index contributed by atoms with van der Waals surface area (Å²) < 4.78 is 0. The number of nitrogens with one attached hydrogen (secondary N) is 1. The highest BCUT2D eigenvalue weighted by atomic mass is 32.1. The van der Waals surface area contributed by atoms with Gasteiger partial charge in [0.25, 0.3) is 5.91 Å². The number of thiophene rings is 1. The molecule has 5 rings (SSSR count). The highest BCUT2D eigenvalue weighted by molar-refractivity contribution is 7.17. The molecular weight excluding hydrogens is 412 g/mol. The predicted molar refractivity (Wildman–Crippen MR) is 121 cm³/mol. The molecule has 0 radical (unpaired) electrons. The van der Waals surface area contributed by atoms with E-state index in [0.717, 1.165) is 49.0 Å². The van der Waals surface area contributed by atoms with Gasteiger partial charge in [-0.3, -0.25) is 14.4 Å². The smallest absolute Gasteiger partial charge is 0.307 e. The zero-order valence-corrected chi connectivity index (χ0v) is 19.3. The number of carbonyl (C=O) groups is 3. The van der Waals surface area contributed by atoms with Crippen LogP contribution in [0.3, 0.4) is 0 Å². The molecule has 0 aromatic carbocycles. The molecule has 5 atom stereocenters. The summed E-state index contributed by atoms with van der Waals surface area (Å²) in [5.41, 5.74) is 7.33. The number of carboxylic acid groups (broad SMARTS) is 1. The minimum Gasteiger partial charge on any atom is -0.481 e. The number of amides is 2. The van der Waals surface area contributed by atoms with E-state index >= 15 is 0 Å². The molecule has 1 aromatic rings. The number of allylic oxidation sites excluding steroid dienone is 2. The first-order valence-corrected chi connectivity index (χ1v) is 12.1. The topological polar surface area (TPSA) is 109 Å². The largest absolute Gasteiger partial charge is 0.481 e. The number of rotatable bonds is 6. The van der Waals surface area contributed by atoms with Crippen molar-refractivity contribution in [3.8, 4) is 0 Å². The van der Waals surface area contributed by atoms with Gasteiger partial charge in [-0.25, -0.2) is 0 Å². The maximum atomic E-state index is 13.3. The van der Waals surface area contributed by atoms with Crippen molar-refractivity contribution in [3.05, 3.63) is 28.2 Å². The molecule has 0 saturated heterocycles. The second kappa shape index (κ2) is 8.08. The Morgan fingerprint density at radius 1 is 1.16 bits per heavy atom. The van der Waals surface area contributed by atoms with Crippen molar-refractivity contribution in [2.45, 2.75) is 59.3 Å². The summed E-state index contributed by atoms with van der Waals surface area (Å²) in [6, 6.07) is 0. The highest BCUT2D eigenvalue weighted by Gasteiger charge is 2.48. The summed E-state index contributed by atoms with van der Waals surface area (Å²) in [4.78, 5) is 38.6. The van der Waals surface area contributed by atoms with Crippen LogP contribution in [0.5, 0.6) is 0 Å². The van der Waals surface area contributed by atoms with Gasteiger partial charge in [0.05, 0.1) is 17.4 Å². The number of fused-ring (bicyclic) bond motifs is 3. The van der Waals surface area contributed by atoms with E-state index in [4.69, 9.17) is 5.73 Å². The van der Waals surface area contributed by atoms with Gasteiger partial charge in [0.2, 0.25) is 5.91 Å². The van der Waals surface area contributed by atoms with Gasteiger partial charge in [-0.1, -0.05) is 39.3 Å². The van der Waals surface area contributed by atoms with Gasteiger partial charge in [-0.05, 0) is 60.8 Å². The van der Waals surface area contributed by atoms with Gasteiger partial charge >= 0.3 is 5.97 Å². The molecule has 1 fully saturated rings. The van der Waals surface area contributed by atoms with Gasteiger partial charge in [0, 0.05) is 4.88 Å². The molecule has 4 aliphatic rings. The third kappa shape index (κ3) is 3.81. The summed E-state index contributed by atoms with van der Waals surface area (Å²) >= 11 is 1.44. The van der Waals surface area contributed by atoms with Crippen LogP contribution in [0.2, 0.25) is 0 Å². The molecule has 4 N–H and O–H groups in total. The summed E-state index contributed by atoms with van der Waals surface area (Å²) in [7, 11) is 0. The van der Waals surface area contributed by atoms with Gasteiger partial charge in [-0.2, -0.15) is 0 Å². The molecular formula is C24H32N2O4S. The third-order valence-corrected chi connectivity index (χ3v) is 9.27. The van der Waals surface area contributed by atoms with E-state index < -0.39 is 23.7 Å². The van der Waals surface area contributed by atoms with E-state index in [-0.39, 0.29) is 23.2 Å². The lowest BCUT2D eigenvalue weighted by molar-refractivity contribution is -0.151. The molecule has 2 amide bonds. The normalized spacial score (nSPS) is 29.5. The minimum absolute atomic E-state index is 0.0764. The highest BCUT2D eigenvalue weighted by Crippen LogP contribution is 2.48. The number of aliphatic carboxylic acids is 1. The fourth-order valence-corrected chi connectivity index (χ4v) is 7.11. The summed E-state index contributed by atoms with van der Waals surface area (Å²) in [6.07, 6.45) is 9.30. The number of carbonyl (C=O) groups excluding carboxylic acids is 2. The van der Waals surface area contributed by atoms with Gasteiger partial charge in [0.15, 0.2) is 0 Å². The molecule has 0 spiro atoms. The van der Waals surface area contributed by atoms with Crippen LogP contribution >= 0.6 is 11.3 Å². The standard InChI is InChI=1S/C24H32N2O4S/c1-4-24(2,3)14-9-10-15-16(11-14)31-22(19(15)20(25)27)26-21(28)17-12-5-7-13(8-6-12)18(17)23(29)30/h5,7,12-14,17-18H,4,6,8-11H2,1-3H3,(H2,25,27)(H,26,28)(H,29,30). The number of nitrogens with two attached hydrogens (primary N) is 1. The lowest BCUT2D eigenvalue weighted by Crippen LogP contribution is -2.47. The molecule has 1 aromatic heterocycles. The number of primary amides is 1. The molecule has 1 saturated carbocycles. The van der Waals surface area contributed by atoms with Gasteiger partial charge in [0.1, 0.15) is 5.00 Å². The Hall–Kier alpha value is -2.15. The first-order chi connectivity index (χ1) is 14.6. The molecule has 1 heterocycles. The van der Waals surface area contributed by atoms with E-state index in [0.29, 0.717) is 16.5 Å². The molecule has 7 heteroatoms. The Morgan fingerprint density at radius 3 is 2.35 bits per heavy atom. The maximum absolute atomic E-state index is 13.3. The van der Waals surface area contributed by atoms with Crippen LogP contribution < -0.4 is 11.1 Å². The van der Waals surface area contributed by atoms with E-state index in [1.807, 2.05) is 12.2 Å². The van der Waals surface area contributed by atoms with Crippen LogP contribution in [0, 0.1) is 35.0 Å². The van der Waals surface area contributed by atoms with Crippen molar-refractivity contribution < 1.29 is 19.5 Å². The molecule has 6 nitrogen and oxygen atoms in total. The molecule has 4 aliphatic carbocycles. The van der Waals surface area contributed by atoms with Crippen molar-refractivity contribution in [2.75, 3.05) is 5.32 Å². The van der Waals surface area contributed by atoms with E-state index in [9.17, 15) is 19.5 Å². The van der Waals surface area contributed by atoms with Crippen LogP contribution in [0.4, 0.5) is 5.00 Å². The quantitative estimate of drug-likeness (QED) is 0.570. The zero-order chi connectivity index (χ0) is 22.5. The van der Waals surface area contributed by atoms with Gasteiger partial charge in [-0.15, -0.1) is 11.3 Å². The Kier molecular flexibility index (Phi) is 5.75. The average molecular weight is 445 g/mol. The van der Waals surface area contributed by atoms with E-state index in [1.165, 1.54) is 11.3 Å². The fourth-order valence-electron chi connectivity index (χ4n) is 5.77. The number of anilines is 1.